The van der Waals surface area contributed by atoms with Gasteiger partial charge in [0.1, 0.15) is 17.3 Å². The maximum absolute atomic E-state index is 13.4. The van der Waals surface area contributed by atoms with Crippen LogP contribution in [0.15, 0.2) is 53.6 Å². The molecule has 0 bridgehead atoms. The van der Waals surface area contributed by atoms with E-state index in [1.54, 1.807) is 12.1 Å². The minimum absolute atomic E-state index is 0.147. The fourth-order valence-electron chi connectivity index (χ4n) is 3.11. The van der Waals surface area contributed by atoms with Crippen molar-refractivity contribution in [2.24, 2.45) is 5.10 Å². The quantitative estimate of drug-likeness (QED) is 0.687. The highest BCUT2D eigenvalue weighted by Gasteiger charge is 2.26. The van der Waals surface area contributed by atoms with E-state index in [0.29, 0.717) is 11.4 Å². The average Bonchev–Trinajstić information content (AvgIpc) is 3.16. The molecular weight excluding hydrogens is 392 g/mol. The van der Waals surface area contributed by atoms with Gasteiger partial charge in [-0.3, -0.25) is 14.7 Å². The summed E-state index contributed by atoms with van der Waals surface area (Å²) in [7, 11) is 0. The molecule has 0 aliphatic carbocycles. The number of aromatic amines is 1. The molecule has 4 rings (SSSR count). The van der Waals surface area contributed by atoms with E-state index in [4.69, 9.17) is 0 Å². The fourth-order valence-corrected chi connectivity index (χ4v) is 3.11. The lowest BCUT2D eigenvalue weighted by Crippen LogP contribution is -2.36. The summed E-state index contributed by atoms with van der Waals surface area (Å²) < 4.78 is 26.8. The van der Waals surface area contributed by atoms with Crippen molar-refractivity contribution in [1.29, 1.82) is 0 Å². The Labute approximate surface area is 170 Å². The van der Waals surface area contributed by atoms with Crippen molar-refractivity contribution in [3.63, 3.8) is 0 Å². The van der Waals surface area contributed by atoms with Crippen LogP contribution in [-0.4, -0.2) is 27.7 Å². The van der Waals surface area contributed by atoms with E-state index >= 15 is 0 Å². The number of rotatable bonds is 4. The van der Waals surface area contributed by atoms with Crippen LogP contribution in [0.1, 0.15) is 18.4 Å². The minimum Gasteiger partial charge on any atom is -0.304 e. The zero-order chi connectivity index (χ0) is 21.3. The first kappa shape index (κ1) is 19.4. The molecule has 0 unspecified atom stereocenters. The molecule has 1 aromatic heterocycles. The number of aromatic nitrogens is 2. The Morgan fingerprint density at radius 1 is 1.10 bits per heavy atom. The Morgan fingerprint density at radius 3 is 2.60 bits per heavy atom. The second-order valence-electron chi connectivity index (χ2n) is 6.87. The third-order valence-electron chi connectivity index (χ3n) is 4.53. The summed E-state index contributed by atoms with van der Waals surface area (Å²) in [6, 6.07) is 11.8. The first-order chi connectivity index (χ1) is 14.4. The van der Waals surface area contributed by atoms with Gasteiger partial charge < -0.3 is 5.32 Å². The molecule has 0 spiro atoms. The summed E-state index contributed by atoms with van der Waals surface area (Å²) in [5.74, 6) is -1.98. The summed E-state index contributed by atoms with van der Waals surface area (Å²) in [5.41, 5.74) is 2.32. The van der Waals surface area contributed by atoms with E-state index in [2.05, 4.69) is 20.6 Å². The summed E-state index contributed by atoms with van der Waals surface area (Å²) in [4.78, 5) is 24.9. The molecule has 1 aliphatic heterocycles. The molecule has 7 nitrogen and oxygen atoms in total. The van der Waals surface area contributed by atoms with Gasteiger partial charge in [-0.25, -0.2) is 13.8 Å². The van der Waals surface area contributed by atoms with E-state index in [1.807, 2.05) is 19.1 Å². The van der Waals surface area contributed by atoms with Crippen LogP contribution in [0.3, 0.4) is 0 Å². The van der Waals surface area contributed by atoms with Gasteiger partial charge in [-0.15, -0.1) is 0 Å². The summed E-state index contributed by atoms with van der Waals surface area (Å²) in [6.07, 6.45) is 0.341. The molecule has 30 heavy (non-hydrogen) atoms. The molecule has 0 atom stereocenters. The Hall–Kier alpha value is -3.88. The third-order valence-corrected chi connectivity index (χ3v) is 4.53. The topological polar surface area (TPSA) is 90.4 Å². The number of carbonyl (C=O) groups is 2. The van der Waals surface area contributed by atoms with Gasteiger partial charge in [0.05, 0.1) is 11.4 Å². The van der Waals surface area contributed by atoms with Crippen molar-refractivity contribution < 1.29 is 18.4 Å². The summed E-state index contributed by atoms with van der Waals surface area (Å²) in [6.45, 7) is 1.90. The van der Waals surface area contributed by atoms with Crippen molar-refractivity contribution in [2.45, 2.75) is 19.8 Å². The van der Waals surface area contributed by atoms with Crippen LogP contribution in [0.5, 0.6) is 0 Å². The number of hydrazone groups is 1. The number of benzene rings is 2. The summed E-state index contributed by atoms with van der Waals surface area (Å²) in [5, 5.41) is 14.6. The molecule has 1 aliphatic rings. The molecule has 0 fully saturated rings. The number of amides is 2. The lowest BCUT2D eigenvalue weighted by Gasteiger charge is -2.23. The number of anilines is 2. The van der Waals surface area contributed by atoms with Gasteiger partial charge in [0.2, 0.25) is 5.91 Å². The van der Waals surface area contributed by atoms with Crippen LogP contribution in [0.25, 0.3) is 11.3 Å². The average molecular weight is 409 g/mol. The second-order valence-corrected chi connectivity index (χ2v) is 6.87. The largest absolute Gasteiger partial charge is 0.304 e. The van der Waals surface area contributed by atoms with Gasteiger partial charge in [-0.05, 0) is 36.8 Å². The Morgan fingerprint density at radius 2 is 1.87 bits per heavy atom. The van der Waals surface area contributed by atoms with Crippen LogP contribution < -0.4 is 10.3 Å². The van der Waals surface area contributed by atoms with Crippen LogP contribution in [0.4, 0.5) is 20.3 Å². The predicted octanol–water partition coefficient (Wildman–Crippen LogP) is 3.78. The third kappa shape index (κ3) is 4.09. The molecule has 152 valence electrons. The van der Waals surface area contributed by atoms with Crippen molar-refractivity contribution in [3.8, 4) is 11.3 Å². The van der Waals surface area contributed by atoms with Crippen LogP contribution in [0, 0.1) is 18.6 Å². The van der Waals surface area contributed by atoms with Crippen LogP contribution >= 0.6 is 0 Å². The number of halogens is 2. The van der Waals surface area contributed by atoms with Gasteiger partial charge in [0.25, 0.3) is 5.91 Å². The normalized spacial score (nSPS) is 13.9. The number of hydrogen-bond acceptors (Lipinski definition) is 4. The highest BCUT2D eigenvalue weighted by atomic mass is 19.1. The zero-order valence-corrected chi connectivity index (χ0v) is 15.9. The highest BCUT2D eigenvalue weighted by molar-refractivity contribution is 6.44. The van der Waals surface area contributed by atoms with Crippen molar-refractivity contribution >= 4 is 29.0 Å². The first-order valence-corrected chi connectivity index (χ1v) is 9.19. The lowest BCUT2D eigenvalue weighted by molar-refractivity contribution is -0.118. The molecule has 0 radical (unpaired) electrons. The van der Waals surface area contributed by atoms with Gasteiger partial charge in [-0.2, -0.15) is 10.2 Å². The molecule has 2 amide bonds. The Bertz CT molecular complexity index is 1150. The number of hydrogen-bond donors (Lipinski definition) is 2. The van der Waals surface area contributed by atoms with E-state index in [0.717, 1.165) is 23.8 Å². The molecule has 0 saturated heterocycles. The molecule has 9 heteroatoms. The standard InChI is InChI=1S/C21H17F2N5O2/c1-12-3-2-4-16(7-12)28-20(29)6-5-17(27-28)21(30)24-19-11-18(25-26-19)13-8-14(22)10-15(23)9-13/h2-4,7-11H,5-6H2,1H3,(H2,24,25,26,30). The van der Waals surface area contributed by atoms with Gasteiger partial charge in [0.15, 0.2) is 5.82 Å². The van der Waals surface area contributed by atoms with Gasteiger partial charge >= 0.3 is 0 Å². The van der Waals surface area contributed by atoms with E-state index in [1.165, 1.54) is 11.1 Å². The van der Waals surface area contributed by atoms with Gasteiger partial charge in [-0.1, -0.05) is 12.1 Å². The van der Waals surface area contributed by atoms with Crippen molar-refractivity contribution in [3.05, 3.63) is 65.7 Å². The number of carbonyl (C=O) groups excluding carboxylic acids is 2. The smallest absolute Gasteiger partial charge is 0.273 e. The minimum atomic E-state index is -0.720. The number of nitrogens with zero attached hydrogens (tertiary/aromatic N) is 3. The van der Waals surface area contributed by atoms with E-state index < -0.39 is 17.5 Å². The van der Waals surface area contributed by atoms with Gasteiger partial charge in [0, 0.05) is 30.5 Å². The fraction of sp³-hybridized carbons (Fsp3) is 0.143. The number of nitrogens with one attached hydrogen (secondary N) is 2. The van der Waals surface area contributed by atoms with Crippen molar-refractivity contribution in [1.82, 2.24) is 10.2 Å². The van der Waals surface area contributed by atoms with Crippen LogP contribution in [-0.2, 0) is 9.59 Å². The van der Waals surface area contributed by atoms with E-state index in [-0.39, 0.29) is 35.8 Å². The SMILES string of the molecule is Cc1cccc(N2N=C(C(=O)Nc3cc(-c4cc(F)cc(F)c4)[nH]n3)CCC2=O)c1. The predicted molar refractivity (Wildman–Crippen MR) is 108 cm³/mol. The van der Waals surface area contributed by atoms with Crippen molar-refractivity contribution in [2.75, 3.05) is 10.3 Å². The molecule has 2 N–H and O–H groups in total. The number of H-pyrrole nitrogens is 1. The molecule has 3 aromatic rings. The summed E-state index contributed by atoms with van der Waals surface area (Å²) >= 11 is 0. The lowest BCUT2D eigenvalue weighted by atomic mass is 10.1. The molecule has 0 saturated carbocycles. The van der Waals surface area contributed by atoms with E-state index in [9.17, 15) is 18.4 Å². The number of aryl methyl sites for hydroxylation is 1. The zero-order valence-electron chi connectivity index (χ0n) is 15.9. The first-order valence-electron chi connectivity index (χ1n) is 9.19. The second kappa shape index (κ2) is 7.86. The molecular formula is C21H17F2N5O2. The Kier molecular flexibility index (Phi) is 5.09. The van der Waals surface area contributed by atoms with Crippen LogP contribution in [0.2, 0.25) is 0 Å². The highest BCUT2D eigenvalue weighted by Crippen LogP contribution is 2.23. The molecule has 2 heterocycles. The Balaban J connectivity index is 1.53. The monoisotopic (exact) mass is 409 g/mol. The maximum atomic E-state index is 13.4. The maximum Gasteiger partial charge on any atom is 0.273 e. The molecule has 2 aromatic carbocycles.